The third-order valence-electron chi connectivity index (χ3n) is 5.97. The third kappa shape index (κ3) is 4.99. The van der Waals surface area contributed by atoms with Gasteiger partial charge in [0.25, 0.3) is 5.91 Å². The van der Waals surface area contributed by atoms with E-state index in [9.17, 15) is 4.79 Å². The molecule has 0 bridgehead atoms. The van der Waals surface area contributed by atoms with Gasteiger partial charge in [-0.25, -0.2) is 0 Å². The van der Waals surface area contributed by atoms with Gasteiger partial charge in [-0.05, 0) is 54.1 Å². The van der Waals surface area contributed by atoms with Crippen molar-refractivity contribution in [3.63, 3.8) is 0 Å². The number of amides is 1. The van der Waals surface area contributed by atoms with Crippen molar-refractivity contribution in [3.05, 3.63) is 103 Å². The lowest BCUT2D eigenvalue weighted by atomic mass is 10.0. The van der Waals surface area contributed by atoms with Crippen LogP contribution in [0.1, 0.15) is 15.9 Å². The molecule has 1 aliphatic heterocycles. The van der Waals surface area contributed by atoms with Crippen molar-refractivity contribution >= 4 is 11.6 Å². The molecule has 35 heavy (non-hydrogen) atoms. The Hall–Kier alpha value is -4.26. The molecule has 2 aromatic heterocycles. The number of pyridine rings is 1. The van der Waals surface area contributed by atoms with Gasteiger partial charge in [-0.2, -0.15) is 0 Å². The van der Waals surface area contributed by atoms with Crippen molar-refractivity contribution in [3.8, 4) is 17.2 Å². The molecule has 0 radical (unpaired) electrons. The van der Waals surface area contributed by atoms with E-state index in [0.29, 0.717) is 12.2 Å². The molecule has 0 aliphatic carbocycles. The van der Waals surface area contributed by atoms with Crippen molar-refractivity contribution < 1.29 is 14.3 Å². The van der Waals surface area contributed by atoms with Crippen molar-refractivity contribution in [2.45, 2.75) is 12.7 Å². The Morgan fingerprint density at radius 2 is 1.74 bits per heavy atom. The summed E-state index contributed by atoms with van der Waals surface area (Å²) in [7, 11) is 3.55. The first-order valence-corrected chi connectivity index (χ1v) is 11.6. The number of aromatic nitrogens is 2. The van der Waals surface area contributed by atoms with Gasteiger partial charge >= 0.3 is 0 Å². The molecule has 3 heterocycles. The zero-order chi connectivity index (χ0) is 24.2. The Kier molecular flexibility index (Phi) is 6.39. The molecule has 178 valence electrons. The largest absolute Gasteiger partial charge is 0.487 e. The summed E-state index contributed by atoms with van der Waals surface area (Å²) in [6.07, 6.45) is 7.45. The molecule has 0 atom stereocenters. The van der Waals surface area contributed by atoms with Crippen molar-refractivity contribution in [2.75, 3.05) is 32.1 Å². The molecule has 5 rings (SSSR count). The van der Waals surface area contributed by atoms with Gasteiger partial charge in [0.05, 0.1) is 36.2 Å². The highest BCUT2D eigenvalue weighted by atomic mass is 16.5. The van der Waals surface area contributed by atoms with Crippen LogP contribution >= 0.6 is 0 Å². The summed E-state index contributed by atoms with van der Waals surface area (Å²) in [5.74, 6) is 1.57. The van der Waals surface area contributed by atoms with Crippen LogP contribution in [0.3, 0.4) is 0 Å². The van der Waals surface area contributed by atoms with Crippen molar-refractivity contribution in [1.82, 2.24) is 14.5 Å². The lowest BCUT2D eigenvalue weighted by Crippen LogP contribution is -2.54. The van der Waals surface area contributed by atoms with Gasteiger partial charge in [0.15, 0.2) is 0 Å². The number of hydrogen-bond acceptors (Lipinski definition) is 5. The van der Waals surface area contributed by atoms with E-state index >= 15 is 0 Å². The van der Waals surface area contributed by atoms with Crippen LogP contribution in [0.25, 0.3) is 5.69 Å². The SMILES string of the molecule is CN(C)C(=O)c1cccc(N2CC(Oc3ccc(COc4cccnc4)cc3)C2)c1-n1cccc1. The topological polar surface area (TPSA) is 59.8 Å². The van der Waals surface area contributed by atoms with Crippen LogP contribution in [0, 0.1) is 0 Å². The Morgan fingerprint density at radius 1 is 0.971 bits per heavy atom. The number of anilines is 1. The zero-order valence-corrected chi connectivity index (χ0v) is 19.9. The predicted molar refractivity (Wildman–Crippen MR) is 135 cm³/mol. The average molecular weight is 469 g/mol. The summed E-state index contributed by atoms with van der Waals surface area (Å²) in [6, 6.07) is 21.6. The summed E-state index contributed by atoms with van der Waals surface area (Å²) >= 11 is 0. The lowest BCUT2D eigenvalue weighted by molar-refractivity contribution is 0.0827. The van der Waals surface area contributed by atoms with Gasteiger partial charge in [0.2, 0.25) is 0 Å². The van der Waals surface area contributed by atoms with E-state index in [1.54, 1.807) is 31.4 Å². The number of nitrogens with zero attached hydrogens (tertiary/aromatic N) is 4. The van der Waals surface area contributed by atoms with E-state index in [1.165, 1.54) is 0 Å². The minimum Gasteiger partial charge on any atom is -0.487 e. The van der Waals surface area contributed by atoms with Crippen LogP contribution in [0.2, 0.25) is 0 Å². The highest BCUT2D eigenvalue weighted by Gasteiger charge is 2.32. The second-order valence-electron chi connectivity index (χ2n) is 8.73. The van der Waals surface area contributed by atoms with Gasteiger partial charge in [-0.3, -0.25) is 9.78 Å². The van der Waals surface area contributed by atoms with E-state index in [4.69, 9.17) is 9.47 Å². The summed E-state index contributed by atoms with van der Waals surface area (Å²) < 4.78 is 14.0. The van der Waals surface area contributed by atoms with E-state index in [0.717, 1.165) is 41.5 Å². The maximum absolute atomic E-state index is 12.9. The molecule has 1 fully saturated rings. The second kappa shape index (κ2) is 9.93. The maximum atomic E-state index is 12.9. The number of hydrogen-bond donors (Lipinski definition) is 0. The summed E-state index contributed by atoms with van der Waals surface area (Å²) in [5.41, 5.74) is 3.66. The Balaban J connectivity index is 1.23. The van der Waals surface area contributed by atoms with Crippen LogP contribution in [0.4, 0.5) is 5.69 Å². The third-order valence-corrected chi connectivity index (χ3v) is 5.97. The molecular weight excluding hydrogens is 440 g/mol. The number of rotatable bonds is 8. The number of carbonyl (C=O) groups is 1. The molecule has 1 aliphatic rings. The molecule has 0 N–H and O–H groups in total. The molecule has 0 saturated carbocycles. The van der Waals surface area contributed by atoms with Gasteiger partial charge in [-0.1, -0.05) is 18.2 Å². The first-order valence-electron chi connectivity index (χ1n) is 11.6. The second-order valence-corrected chi connectivity index (χ2v) is 8.73. The number of ether oxygens (including phenoxy) is 2. The highest BCUT2D eigenvalue weighted by Crippen LogP contribution is 2.33. The van der Waals surface area contributed by atoms with Crippen LogP contribution in [0.5, 0.6) is 11.5 Å². The Labute approximate surface area is 205 Å². The van der Waals surface area contributed by atoms with Gasteiger partial charge in [0, 0.05) is 32.7 Å². The van der Waals surface area contributed by atoms with Gasteiger partial charge in [-0.15, -0.1) is 0 Å². The minimum atomic E-state index is -0.0172. The first kappa shape index (κ1) is 22.5. The molecule has 7 nitrogen and oxygen atoms in total. The van der Waals surface area contributed by atoms with Gasteiger partial charge < -0.3 is 23.8 Å². The average Bonchev–Trinajstić information content (AvgIpc) is 3.40. The maximum Gasteiger partial charge on any atom is 0.255 e. The highest BCUT2D eigenvalue weighted by molar-refractivity contribution is 6.00. The van der Waals surface area contributed by atoms with E-state index in [2.05, 4.69) is 16.0 Å². The zero-order valence-electron chi connectivity index (χ0n) is 19.9. The van der Waals surface area contributed by atoms with E-state index in [1.807, 2.05) is 77.6 Å². The first-order chi connectivity index (χ1) is 17.1. The lowest BCUT2D eigenvalue weighted by Gasteiger charge is -2.41. The fourth-order valence-corrected chi connectivity index (χ4v) is 4.12. The summed E-state index contributed by atoms with van der Waals surface area (Å²) in [4.78, 5) is 20.8. The molecule has 1 amide bonds. The van der Waals surface area contributed by atoms with Gasteiger partial charge in [0.1, 0.15) is 24.2 Å². The summed E-state index contributed by atoms with van der Waals surface area (Å²) in [5, 5.41) is 0. The molecule has 7 heteroatoms. The fraction of sp³-hybridized carbons (Fsp3) is 0.214. The fourth-order valence-electron chi connectivity index (χ4n) is 4.12. The number of benzene rings is 2. The van der Waals surface area contributed by atoms with Crippen LogP contribution in [-0.4, -0.2) is 53.6 Å². The minimum absolute atomic E-state index is 0.0172. The predicted octanol–water partition coefficient (Wildman–Crippen LogP) is 4.42. The van der Waals surface area contributed by atoms with Crippen LogP contribution in [0.15, 0.2) is 91.5 Å². The van der Waals surface area contributed by atoms with Crippen LogP contribution in [-0.2, 0) is 6.61 Å². The quantitative estimate of drug-likeness (QED) is 0.383. The smallest absolute Gasteiger partial charge is 0.255 e. The molecular formula is C28H28N4O3. The molecule has 1 saturated heterocycles. The molecule has 4 aromatic rings. The standard InChI is InChI=1S/C28H28N4O3/c1-30(2)28(33)25-8-5-9-26(27(25)31-15-3-4-16-31)32-18-24(19-32)35-22-12-10-21(11-13-22)20-34-23-7-6-14-29-17-23/h3-17,24H,18-20H2,1-2H3. The molecule has 2 aromatic carbocycles. The number of carbonyl (C=O) groups excluding carboxylic acids is 1. The number of para-hydroxylation sites is 1. The molecule has 0 unspecified atom stereocenters. The summed E-state index contributed by atoms with van der Waals surface area (Å²) in [6.45, 7) is 1.98. The Morgan fingerprint density at radius 3 is 2.43 bits per heavy atom. The monoisotopic (exact) mass is 468 g/mol. The van der Waals surface area contributed by atoms with E-state index in [-0.39, 0.29) is 12.0 Å². The Bertz CT molecular complexity index is 1270. The van der Waals surface area contributed by atoms with Crippen molar-refractivity contribution in [2.24, 2.45) is 0 Å². The van der Waals surface area contributed by atoms with E-state index < -0.39 is 0 Å². The normalized spacial score (nSPS) is 13.3. The van der Waals surface area contributed by atoms with Crippen molar-refractivity contribution in [1.29, 1.82) is 0 Å². The van der Waals surface area contributed by atoms with Crippen LogP contribution < -0.4 is 14.4 Å². The molecule has 0 spiro atoms.